The van der Waals surface area contributed by atoms with Crippen LogP contribution in [0.4, 0.5) is 0 Å². The number of ether oxygens (including phenoxy) is 1. The molecule has 1 N–H and O–H groups in total. The van der Waals surface area contributed by atoms with Crippen LogP contribution in [0.5, 0.6) is 5.75 Å². The molecule has 118 valence electrons. The van der Waals surface area contributed by atoms with Crippen LogP contribution in [0, 0.1) is 5.41 Å². The fourth-order valence-corrected chi connectivity index (χ4v) is 3.00. The highest BCUT2D eigenvalue weighted by molar-refractivity contribution is 5.27. The van der Waals surface area contributed by atoms with Gasteiger partial charge in [-0.2, -0.15) is 0 Å². The Bertz CT molecular complexity index is 414. The Morgan fingerprint density at radius 3 is 2.67 bits per heavy atom. The summed E-state index contributed by atoms with van der Waals surface area (Å²) in [7, 11) is 0. The molecule has 0 amide bonds. The number of nitrogens with zero attached hydrogens (tertiary/aromatic N) is 1. The summed E-state index contributed by atoms with van der Waals surface area (Å²) < 4.78 is 5.87. The summed E-state index contributed by atoms with van der Waals surface area (Å²) in [6.07, 6.45) is 2.66. The first-order chi connectivity index (χ1) is 10.1. The van der Waals surface area contributed by atoms with Gasteiger partial charge in [-0.05, 0) is 49.0 Å². The van der Waals surface area contributed by atoms with Gasteiger partial charge in [0.15, 0.2) is 0 Å². The third-order valence-electron chi connectivity index (χ3n) is 4.16. The number of benzene rings is 1. The molecular formula is C18H30N2O. The van der Waals surface area contributed by atoms with Crippen molar-refractivity contribution in [3.63, 3.8) is 0 Å². The number of hydrogen-bond donors (Lipinski definition) is 1. The standard InChI is InChI=1S/C18H30N2O/c1-4-19-14-16-6-8-17(9-7-16)21-13-12-20-11-5-10-18(2,3)15-20/h6-9,19H,4-5,10-15H2,1-3H3. The Morgan fingerprint density at radius 2 is 2.00 bits per heavy atom. The lowest BCUT2D eigenvalue weighted by Gasteiger charge is -2.37. The molecule has 0 unspecified atom stereocenters. The molecule has 0 saturated carbocycles. The van der Waals surface area contributed by atoms with Crippen LogP contribution < -0.4 is 10.1 Å². The predicted molar refractivity (Wildman–Crippen MR) is 88.8 cm³/mol. The summed E-state index contributed by atoms with van der Waals surface area (Å²) in [6.45, 7) is 13.0. The van der Waals surface area contributed by atoms with Crippen LogP contribution in [0.1, 0.15) is 39.2 Å². The van der Waals surface area contributed by atoms with Crippen molar-refractivity contribution in [2.75, 3.05) is 32.8 Å². The molecule has 0 radical (unpaired) electrons. The minimum atomic E-state index is 0.464. The van der Waals surface area contributed by atoms with E-state index in [0.717, 1.165) is 32.0 Å². The lowest BCUT2D eigenvalue weighted by Crippen LogP contribution is -2.41. The smallest absolute Gasteiger partial charge is 0.119 e. The number of hydrogen-bond acceptors (Lipinski definition) is 3. The molecule has 0 aliphatic carbocycles. The molecule has 0 aromatic heterocycles. The van der Waals surface area contributed by atoms with E-state index in [1.807, 2.05) is 0 Å². The average molecular weight is 290 g/mol. The van der Waals surface area contributed by atoms with Crippen molar-refractivity contribution >= 4 is 0 Å². The van der Waals surface area contributed by atoms with Gasteiger partial charge in [-0.3, -0.25) is 4.90 Å². The predicted octanol–water partition coefficient (Wildman–Crippen LogP) is 3.30. The minimum absolute atomic E-state index is 0.464. The number of piperidine rings is 1. The largest absolute Gasteiger partial charge is 0.492 e. The van der Waals surface area contributed by atoms with Gasteiger partial charge in [0.05, 0.1) is 0 Å². The molecule has 1 saturated heterocycles. The Kier molecular flexibility index (Phi) is 6.07. The van der Waals surface area contributed by atoms with Crippen molar-refractivity contribution in [2.24, 2.45) is 5.41 Å². The Hall–Kier alpha value is -1.06. The summed E-state index contributed by atoms with van der Waals surface area (Å²) in [5.41, 5.74) is 1.77. The molecule has 21 heavy (non-hydrogen) atoms. The Labute approximate surface area is 129 Å². The molecule has 2 rings (SSSR count). The monoisotopic (exact) mass is 290 g/mol. The Balaban J connectivity index is 1.70. The maximum Gasteiger partial charge on any atom is 0.119 e. The van der Waals surface area contributed by atoms with Gasteiger partial charge in [-0.1, -0.05) is 32.9 Å². The van der Waals surface area contributed by atoms with Gasteiger partial charge >= 0.3 is 0 Å². The normalized spacial score (nSPS) is 18.6. The molecule has 0 spiro atoms. The summed E-state index contributed by atoms with van der Waals surface area (Å²) in [4.78, 5) is 2.53. The van der Waals surface area contributed by atoms with Crippen molar-refractivity contribution in [1.29, 1.82) is 0 Å². The summed E-state index contributed by atoms with van der Waals surface area (Å²) >= 11 is 0. The first-order valence-corrected chi connectivity index (χ1v) is 8.24. The molecule has 1 aromatic rings. The lowest BCUT2D eigenvalue weighted by atomic mass is 9.84. The van der Waals surface area contributed by atoms with E-state index in [-0.39, 0.29) is 0 Å². The summed E-state index contributed by atoms with van der Waals surface area (Å²) in [6, 6.07) is 8.43. The first-order valence-electron chi connectivity index (χ1n) is 8.24. The fourth-order valence-electron chi connectivity index (χ4n) is 3.00. The Morgan fingerprint density at radius 1 is 1.24 bits per heavy atom. The van der Waals surface area contributed by atoms with Crippen molar-refractivity contribution in [2.45, 2.75) is 40.2 Å². The highest BCUT2D eigenvalue weighted by atomic mass is 16.5. The van der Waals surface area contributed by atoms with E-state index in [1.165, 1.54) is 31.5 Å². The molecular weight excluding hydrogens is 260 g/mol. The van der Waals surface area contributed by atoms with Gasteiger partial charge < -0.3 is 10.1 Å². The van der Waals surface area contributed by atoms with Crippen molar-refractivity contribution in [3.8, 4) is 5.75 Å². The average Bonchev–Trinajstić information content (AvgIpc) is 2.45. The second-order valence-electron chi connectivity index (χ2n) is 6.82. The molecule has 0 bridgehead atoms. The van der Waals surface area contributed by atoms with Crippen LogP contribution in [-0.2, 0) is 6.54 Å². The van der Waals surface area contributed by atoms with Gasteiger partial charge in [0.2, 0.25) is 0 Å². The maximum atomic E-state index is 5.87. The van der Waals surface area contributed by atoms with E-state index in [2.05, 4.69) is 55.3 Å². The van der Waals surface area contributed by atoms with Crippen molar-refractivity contribution < 1.29 is 4.74 Å². The van der Waals surface area contributed by atoms with Gasteiger partial charge in [0.25, 0.3) is 0 Å². The first kappa shape index (κ1) is 16.3. The number of rotatable bonds is 7. The van der Waals surface area contributed by atoms with Crippen LogP contribution in [0.25, 0.3) is 0 Å². The zero-order chi connectivity index (χ0) is 15.1. The topological polar surface area (TPSA) is 24.5 Å². The molecule has 1 aliphatic heterocycles. The zero-order valence-corrected chi connectivity index (χ0v) is 13.8. The number of likely N-dealkylation sites (tertiary alicyclic amines) is 1. The zero-order valence-electron chi connectivity index (χ0n) is 13.8. The molecule has 1 heterocycles. The van der Waals surface area contributed by atoms with Crippen LogP contribution in [0.2, 0.25) is 0 Å². The molecule has 3 nitrogen and oxygen atoms in total. The number of nitrogens with one attached hydrogen (secondary N) is 1. The second kappa shape index (κ2) is 7.81. The van der Waals surface area contributed by atoms with E-state index in [0.29, 0.717) is 5.41 Å². The molecule has 3 heteroatoms. The SMILES string of the molecule is CCNCc1ccc(OCCN2CCCC(C)(C)C2)cc1. The van der Waals surface area contributed by atoms with Crippen LogP contribution >= 0.6 is 0 Å². The van der Waals surface area contributed by atoms with Crippen LogP contribution in [0.15, 0.2) is 24.3 Å². The van der Waals surface area contributed by atoms with Crippen LogP contribution in [-0.4, -0.2) is 37.7 Å². The fraction of sp³-hybridized carbons (Fsp3) is 0.667. The van der Waals surface area contributed by atoms with Crippen molar-refractivity contribution in [3.05, 3.63) is 29.8 Å². The van der Waals surface area contributed by atoms with Gasteiger partial charge in [0, 0.05) is 19.6 Å². The molecule has 0 atom stereocenters. The molecule has 1 aliphatic rings. The van der Waals surface area contributed by atoms with Gasteiger partial charge in [-0.25, -0.2) is 0 Å². The molecule has 1 fully saturated rings. The third kappa shape index (κ3) is 5.68. The summed E-state index contributed by atoms with van der Waals surface area (Å²) in [5.74, 6) is 0.978. The maximum absolute atomic E-state index is 5.87. The van der Waals surface area contributed by atoms with E-state index in [4.69, 9.17) is 4.74 Å². The molecule has 1 aromatic carbocycles. The van der Waals surface area contributed by atoms with Gasteiger partial charge in [0.1, 0.15) is 12.4 Å². The quantitative estimate of drug-likeness (QED) is 0.834. The van der Waals surface area contributed by atoms with Gasteiger partial charge in [-0.15, -0.1) is 0 Å². The second-order valence-corrected chi connectivity index (χ2v) is 6.82. The van der Waals surface area contributed by atoms with E-state index in [1.54, 1.807) is 0 Å². The highest BCUT2D eigenvalue weighted by Gasteiger charge is 2.25. The van der Waals surface area contributed by atoms with Crippen molar-refractivity contribution in [1.82, 2.24) is 10.2 Å². The van der Waals surface area contributed by atoms with E-state index < -0.39 is 0 Å². The minimum Gasteiger partial charge on any atom is -0.492 e. The highest BCUT2D eigenvalue weighted by Crippen LogP contribution is 2.28. The third-order valence-corrected chi connectivity index (χ3v) is 4.16. The lowest BCUT2D eigenvalue weighted by molar-refractivity contribution is 0.102. The van der Waals surface area contributed by atoms with E-state index >= 15 is 0 Å². The van der Waals surface area contributed by atoms with Crippen LogP contribution in [0.3, 0.4) is 0 Å². The van der Waals surface area contributed by atoms with E-state index in [9.17, 15) is 0 Å². The summed E-state index contributed by atoms with van der Waals surface area (Å²) in [5, 5.41) is 3.33.